The molecule has 0 atom stereocenters. The molecule has 1 aromatic heterocycles. The maximum atomic E-state index is 12.5. The number of carbonyl (C=O) groups is 2. The molecule has 1 N–H and O–H groups in total. The van der Waals surface area contributed by atoms with Gasteiger partial charge in [-0.15, -0.1) is 5.10 Å². The average Bonchev–Trinajstić information content (AvgIpc) is 3.01. The van der Waals surface area contributed by atoms with Gasteiger partial charge in [-0.05, 0) is 12.5 Å². The van der Waals surface area contributed by atoms with Crippen molar-refractivity contribution < 1.29 is 14.3 Å². The van der Waals surface area contributed by atoms with Crippen molar-refractivity contribution in [1.82, 2.24) is 25.2 Å². The monoisotopic (exact) mass is 343 g/mol. The van der Waals surface area contributed by atoms with Gasteiger partial charge in [0.15, 0.2) is 5.69 Å². The van der Waals surface area contributed by atoms with Gasteiger partial charge in [0.25, 0.3) is 5.91 Å². The highest BCUT2D eigenvalue weighted by atomic mass is 16.5. The van der Waals surface area contributed by atoms with Gasteiger partial charge in [0.05, 0.1) is 5.69 Å². The topological polar surface area (TPSA) is 89.4 Å². The normalized spacial score (nSPS) is 14.4. The van der Waals surface area contributed by atoms with Crippen molar-refractivity contribution in [1.29, 1.82) is 0 Å². The van der Waals surface area contributed by atoms with Gasteiger partial charge >= 0.3 is 5.97 Å². The van der Waals surface area contributed by atoms with Gasteiger partial charge in [0.2, 0.25) is 0 Å². The fourth-order valence-corrected chi connectivity index (χ4v) is 2.63. The third-order valence-electron chi connectivity index (χ3n) is 4.11. The van der Waals surface area contributed by atoms with E-state index in [-0.39, 0.29) is 24.8 Å². The lowest BCUT2D eigenvalue weighted by molar-refractivity contribution is -0.146. The summed E-state index contributed by atoms with van der Waals surface area (Å²) in [6.07, 6.45) is 0. The second-order valence-corrected chi connectivity index (χ2v) is 5.87. The number of ether oxygens (including phenoxy) is 1. The number of nitrogens with one attached hydrogen (secondary N) is 1. The molecule has 25 heavy (non-hydrogen) atoms. The molecular formula is C17H21N5O3. The molecule has 1 amide bonds. The summed E-state index contributed by atoms with van der Waals surface area (Å²) in [6, 6.07) is 9.45. The van der Waals surface area contributed by atoms with Gasteiger partial charge in [0, 0.05) is 26.2 Å². The lowest BCUT2D eigenvalue weighted by Crippen LogP contribution is -2.46. The molecule has 1 saturated heterocycles. The fraction of sp³-hybridized carbons (Fsp3) is 0.412. The van der Waals surface area contributed by atoms with Crippen molar-refractivity contribution in [2.45, 2.75) is 20.1 Å². The van der Waals surface area contributed by atoms with Crippen LogP contribution in [0.4, 0.5) is 0 Å². The highest BCUT2D eigenvalue weighted by Gasteiger charge is 2.24. The van der Waals surface area contributed by atoms with E-state index in [1.54, 1.807) is 11.8 Å². The van der Waals surface area contributed by atoms with Crippen LogP contribution in [0.1, 0.15) is 21.7 Å². The van der Waals surface area contributed by atoms with Crippen LogP contribution in [0.2, 0.25) is 0 Å². The van der Waals surface area contributed by atoms with Crippen LogP contribution in [0.3, 0.4) is 0 Å². The van der Waals surface area contributed by atoms with E-state index >= 15 is 0 Å². The van der Waals surface area contributed by atoms with Crippen LogP contribution in [-0.2, 0) is 22.7 Å². The van der Waals surface area contributed by atoms with Crippen molar-refractivity contribution in [2.75, 3.05) is 26.2 Å². The maximum absolute atomic E-state index is 12.5. The van der Waals surface area contributed by atoms with E-state index in [9.17, 15) is 9.59 Å². The average molecular weight is 343 g/mol. The van der Waals surface area contributed by atoms with Crippen molar-refractivity contribution in [3.05, 3.63) is 47.3 Å². The summed E-state index contributed by atoms with van der Waals surface area (Å²) in [5.74, 6) is -0.569. The Labute approximate surface area is 145 Å². The summed E-state index contributed by atoms with van der Waals surface area (Å²) in [4.78, 5) is 26.2. The van der Waals surface area contributed by atoms with Crippen LogP contribution < -0.4 is 5.32 Å². The number of carbonyl (C=O) groups excluding carboxylic acids is 2. The number of benzene rings is 1. The number of piperazine rings is 1. The molecule has 1 aliphatic rings. The molecule has 8 heteroatoms. The Morgan fingerprint density at radius 1 is 1.20 bits per heavy atom. The minimum absolute atomic E-state index is 0.0689. The Hall–Kier alpha value is -2.74. The fourth-order valence-electron chi connectivity index (χ4n) is 2.63. The highest BCUT2D eigenvalue weighted by Crippen LogP contribution is 2.09. The van der Waals surface area contributed by atoms with Crippen LogP contribution in [-0.4, -0.2) is 57.9 Å². The number of nitrogens with zero attached hydrogens (tertiary/aromatic N) is 4. The minimum Gasteiger partial charge on any atom is -0.459 e. The molecule has 0 saturated carbocycles. The second kappa shape index (κ2) is 7.89. The Balaban J connectivity index is 1.58. The van der Waals surface area contributed by atoms with E-state index < -0.39 is 5.97 Å². The quantitative estimate of drug-likeness (QED) is 0.789. The van der Waals surface area contributed by atoms with E-state index in [1.165, 1.54) is 4.68 Å². The van der Waals surface area contributed by atoms with Crippen LogP contribution in [0, 0.1) is 6.92 Å². The molecule has 0 spiro atoms. The Bertz CT molecular complexity index is 738. The predicted molar refractivity (Wildman–Crippen MR) is 89.8 cm³/mol. The number of rotatable bonds is 5. The smallest absolute Gasteiger partial charge is 0.328 e. The molecule has 0 unspecified atom stereocenters. The molecule has 2 heterocycles. The molecule has 3 rings (SSSR count). The van der Waals surface area contributed by atoms with E-state index in [2.05, 4.69) is 15.6 Å². The summed E-state index contributed by atoms with van der Waals surface area (Å²) >= 11 is 0. The zero-order valence-electron chi connectivity index (χ0n) is 14.1. The number of hydrogen-bond acceptors (Lipinski definition) is 6. The van der Waals surface area contributed by atoms with Crippen LogP contribution in [0.15, 0.2) is 30.3 Å². The highest BCUT2D eigenvalue weighted by molar-refractivity contribution is 5.93. The Morgan fingerprint density at radius 3 is 2.64 bits per heavy atom. The third kappa shape index (κ3) is 4.21. The van der Waals surface area contributed by atoms with Crippen LogP contribution in [0.5, 0.6) is 0 Å². The zero-order valence-corrected chi connectivity index (χ0v) is 14.1. The predicted octanol–water partition coefficient (Wildman–Crippen LogP) is 0.375. The Morgan fingerprint density at radius 2 is 1.92 bits per heavy atom. The lowest BCUT2D eigenvalue weighted by Gasteiger charge is -2.26. The molecule has 8 nitrogen and oxygen atoms in total. The summed E-state index contributed by atoms with van der Waals surface area (Å²) < 4.78 is 6.65. The third-order valence-corrected chi connectivity index (χ3v) is 4.11. The summed E-state index contributed by atoms with van der Waals surface area (Å²) in [7, 11) is 0. The molecule has 1 fully saturated rings. The van der Waals surface area contributed by atoms with E-state index in [4.69, 9.17) is 4.74 Å². The molecule has 0 bridgehead atoms. The largest absolute Gasteiger partial charge is 0.459 e. The van der Waals surface area contributed by atoms with Gasteiger partial charge in [-0.25, -0.2) is 4.68 Å². The Kier molecular flexibility index (Phi) is 5.39. The molecular weight excluding hydrogens is 322 g/mol. The molecule has 1 aromatic carbocycles. The minimum atomic E-state index is -0.418. The maximum Gasteiger partial charge on any atom is 0.328 e. The summed E-state index contributed by atoms with van der Waals surface area (Å²) in [5.41, 5.74) is 1.78. The van der Waals surface area contributed by atoms with Gasteiger partial charge in [-0.2, -0.15) is 0 Å². The van der Waals surface area contributed by atoms with Crippen LogP contribution >= 0.6 is 0 Å². The van der Waals surface area contributed by atoms with Gasteiger partial charge in [-0.3, -0.25) is 9.59 Å². The first-order valence-corrected chi connectivity index (χ1v) is 8.25. The molecule has 0 radical (unpaired) electrons. The van der Waals surface area contributed by atoms with Crippen molar-refractivity contribution in [2.24, 2.45) is 0 Å². The van der Waals surface area contributed by atoms with Gasteiger partial charge < -0.3 is 15.0 Å². The van der Waals surface area contributed by atoms with E-state index in [0.29, 0.717) is 18.8 Å². The molecule has 1 aliphatic heterocycles. The van der Waals surface area contributed by atoms with Crippen molar-refractivity contribution in [3.63, 3.8) is 0 Å². The first-order valence-electron chi connectivity index (χ1n) is 8.25. The molecule has 0 aliphatic carbocycles. The van der Waals surface area contributed by atoms with E-state index in [0.717, 1.165) is 18.7 Å². The number of esters is 1. The second-order valence-electron chi connectivity index (χ2n) is 5.87. The zero-order chi connectivity index (χ0) is 17.6. The summed E-state index contributed by atoms with van der Waals surface area (Å²) in [5, 5.41) is 11.1. The first-order chi connectivity index (χ1) is 12.1. The van der Waals surface area contributed by atoms with Gasteiger partial charge in [0.1, 0.15) is 13.2 Å². The lowest BCUT2D eigenvalue weighted by atomic mass is 10.2. The number of aromatic nitrogens is 3. The number of amides is 1. The van der Waals surface area contributed by atoms with Crippen molar-refractivity contribution in [3.8, 4) is 0 Å². The first kappa shape index (κ1) is 17.1. The molecule has 2 aromatic rings. The van der Waals surface area contributed by atoms with Crippen LogP contribution in [0.25, 0.3) is 0 Å². The molecule has 132 valence electrons. The van der Waals surface area contributed by atoms with E-state index in [1.807, 2.05) is 30.3 Å². The standard InChI is InChI=1S/C17H21N5O3/c1-13-16(17(24)21-9-7-18-8-10-21)19-20-22(13)11-15(23)25-12-14-5-3-2-4-6-14/h2-6,18H,7-12H2,1H3. The SMILES string of the molecule is Cc1c(C(=O)N2CCNCC2)nnn1CC(=O)OCc1ccccc1. The van der Waals surface area contributed by atoms with Crippen molar-refractivity contribution >= 4 is 11.9 Å². The number of hydrogen-bond donors (Lipinski definition) is 1. The van der Waals surface area contributed by atoms with Gasteiger partial charge in [-0.1, -0.05) is 35.5 Å². The summed E-state index contributed by atoms with van der Waals surface area (Å²) in [6.45, 7) is 4.70.